The van der Waals surface area contributed by atoms with E-state index in [1.54, 1.807) is 6.07 Å². The van der Waals surface area contributed by atoms with Gasteiger partial charge in [0.05, 0.1) is 11.5 Å². The van der Waals surface area contributed by atoms with Crippen molar-refractivity contribution in [2.45, 2.75) is 50.2 Å². The van der Waals surface area contributed by atoms with Crippen LogP contribution in [0.4, 0.5) is 13.2 Å². The Kier molecular flexibility index (Phi) is 4.75. The second-order valence-corrected chi connectivity index (χ2v) is 6.93. The Balaban J connectivity index is 1.58. The molecule has 0 radical (unpaired) electrons. The van der Waals surface area contributed by atoms with Gasteiger partial charge in [0, 0.05) is 12.0 Å². The third-order valence-corrected chi connectivity index (χ3v) is 5.22. The van der Waals surface area contributed by atoms with Crippen molar-refractivity contribution in [1.82, 2.24) is 5.32 Å². The lowest BCUT2D eigenvalue weighted by atomic mass is 9.86. The van der Waals surface area contributed by atoms with Crippen molar-refractivity contribution in [2.75, 3.05) is 0 Å². The first kappa shape index (κ1) is 17.8. The van der Waals surface area contributed by atoms with Crippen molar-refractivity contribution in [1.29, 1.82) is 0 Å². The highest BCUT2D eigenvalue weighted by Crippen LogP contribution is 2.51. The van der Waals surface area contributed by atoms with Gasteiger partial charge in [-0.1, -0.05) is 18.2 Å². The molecule has 2 unspecified atom stereocenters. The molecule has 2 aliphatic rings. The van der Waals surface area contributed by atoms with Gasteiger partial charge < -0.3 is 10.4 Å². The van der Waals surface area contributed by atoms with E-state index in [9.17, 15) is 22.8 Å². The Morgan fingerprint density at radius 3 is 2.32 bits per heavy atom. The summed E-state index contributed by atoms with van der Waals surface area (Å²) in [6, 6.07) is 5.33. The summed E-state index contributed by atoms with van der Waals surface area (Å²) in [7, 11) is 0. The van der Waals surface area contributed by atoms with E-state index in [0.717, 1.165) is 6.07 Å². The molecule has 4 nitrogen and oxygen atoms in total. The third-order valence-electron chi connectivity index (χ3n) is 5.22. The van der Waals surface area contributed by atoms with Crippen molar-refractivity contribution in [3.8, 4) is 0 Å². The first-order valence-corrected chi connectivity index (χ1v) is 8.46. The normalized spacial score (nSPS) is 29.1. The average molecular weight is 355 g/mol. The fourth-order valence-electron chi connectivity index (χ4n) is 3.70. The van der Waals surface area contributed by atoms with Crippen molar-refractivity contribution >= 4 is 11.9 Å². The predicted molar refractivity (Wildman–Crippen MR) is 83.8 cm³/mol. The van der Waals surface area contributed by atoms with Gasteiger partial charge in [-0.15, -0.1) is 0 Å². The molecule has 2 fully saturated rings. The molecular weight excluding hydrogens is 335 g/mol. The highest BCUT2D eigenvalue weighted by molar-refractivity contribution is 5.83. The maximum absolute atomic E-state index is 13.1. The zero-order valence-electron chi connectivity index (χ0n) is 13.6. The molecule has 2 saturated carbocycles. The van der Waals surface area contributed by atoms with Crippen LogP contribution in [0.5, 0.6) is 0 Å². The number of amides is 1. The topological polar surface area (TPSA) is 66.4 Å². The van der Waals surface area contributed by atoms with Crippen molar-refractivity contribution in [3.05, 3.63) is 35.4 Å². The number of nitrogens with one attached hydrogen (secondary N) is 1. The standard InChI is InChI=1S/C18H20F3NO3/c19-18(20,21)15-4-2-1-3-12(15)13-9-14(13)16(23)22-11-7-5-10(6-8-11)17(24)25/h1-4,10-11,13-14H,5-9H2,(H,22,23)(H,24,25). The smallest absolute Gasteiger partial charge is 0.416 e. The molecule has 2 N–H and O–H groups in total. The minimum atomic E-state index is -4.42. The summed E-state index contributed by atoms with van der Waals surface area (Å²) in [6.45, 7) is 0. The lowest BCUT2D eigenvalue weighted by Crippen LogP contribution is -2.39. The van der Waals surface area contributed by atoms with Crippen LogP contribution < -0.4 is 5.32 Å². The second-order valence-electron chi connectivity index (χ2n) is 6.93. The summed E-state index contributed by atoms with van der Waals surface area (Å²) < 4.78 is 39.3. The van der Waals surface area contributed by atoms with Crippen LogP contribution in [-0.2, 0) is 15.8 Å². The number of carbonyl (C=O) groups is 2. The summed E-state index contributed by atoms with van der Waals surface area (Å²) in [5.41, 5.74) is -0.484. The number of carboxylic acids is 1. The van der Waals surface area contributed by atoms with Crippen LogP contribution in [0.2, 0.25) is 0 Å². The zero-order chi connectivity index (χ0) is 18.2. The van der Waals surface area contributed by atoms with Crippen LogP contribution in [0.25, 0.3) is 0 Å². The molecule has 136 valence electrons. The van der Waals surface area contributed by atoms with E-state index in [1.807, 2.05) is 0 Å². The van der Waals surface area contributed by atoms with Gasteiger partial charge >= 0.3 is 12.1 Å². The summed E-state index contributed by atoms with van der Waals surface area (Å²) in [4.78, 5) is 23.3. The molecule has 2 aliphatic carbocycles. The zero-order valence-corrected chi connectivity index (χ0v) is 13.6. The summed E-state index contributed by atoms with van der Waals surface area (Å²) in [6.07, 6.45) is -1.77. The molecule has 0 bridgehead atoms. The highest BCUT2D eigenvalue weighted by atomic mass is 19.4. The number of alkyl halides is 3. The molecule has 0 saturated heterocycles. The first-order valence-electron chi connectivity index (χ1n) is 8.46. The molecular formula is C18H20F3NO3. The second kappa shape index (κ2) is 6.69. The summed E-state index contributed by atoms with van der Waals surface area (Å²) in [5, 5.41) is 11.9. The SMILES string of the molecule is O=C(O)C1CCC(NC(=O)C2CC2c2ccccc2C(F)(F)F)CC1. The van der Waals surface area contributed by atoms with Crippen LogP contribution in [0.15, 0.2) is 24.3 Å². The number of hydrogen-bond donors (Lipinski definition) is 2. The Hall–Kier alpha value is -2.05. The summed E-state index contributed by atoms with van der Waals surface area (Å²) in [5.74, 6) is -2.22. The Morgan fingerprint density at radius 2 is 1.72 bits per heavy atom. The van der Waals surface area contributed by atoms with Gasteiger partial charge in [0.2, 0.25) is 5.91 Å². The van der Waals surface area contributed by atoms with Gasteiger partial charge in [-0.05, 0) is 49.7 Å². The molecule has 1 amide bonds. The van der Waals surface area contributed by atoms with Crippen molar-refractivity contribution in [3.63, 3.8) is 0 Å². The van der Waals surface area contributed by atoms with E-state index >= 15 is 0 Å². The van der Waals surface area contributed by atoms with Gasteiger partial charge in [0.15, 0.2) is 0 Å². The molecule has 25 heavy (non-hydrogen) atoms. The fraction of sp³-hybridized carbons (Fsp3) is 0.556. The van der Waals surface area contributed by atoms with Gasteiger partial charge in [-0.3, -0.25) is 9.59 Å². The minimum absolute atomic E-state index is 0.0813. The average Bonchev–Trinajstić information content (AvgIpc) is 3.35. The Labute approximate surface area is 143 Å². The lowest BCUT2D eigenvalue weighted by Gasteiger charge is -2.27. The largest absolute Gasteiger partial charge is 0.481 e. The number of rotatable bonds is 4. The van der Waals surface area contributed by atoms with Crippen molar-refractivity contribution in [2.24, 2.45) is 11.8 Å². The number of carbonyl (C=O) groups excluding carboxylic acids is 1. The van der Waals surface area contributed by atoms with Gasteiger partial charge in [-0.25, -0.2) is 0 Å². The van der Waals surface area contributed by atoms with E-state index in [1.165, 1.54) is 12.1 Å². The van der Waals surface area contributed by atoms with E-state index in [4.69, 9.17) is 5.11 Å². The molecule has 1 aromatic carbocycles. The van der Waals surface area contributed by atoms with E-state index < -0.39 is 29.5 Å². The highest BCUT2D eigenvalue weighted by Gasteiger charge is 2.48. The molecule has 0 heterocycles. The Morgan fingerprint density at radius 1 is 1.08 bits per heavy atom. The molecule has 0 aliphatic heterocycles. The van der Waals surface area contributed by atoms with Crippen LogP contribution in [0, 0.1) is 11.8 Å². The maximum atomic E-state index is 13.1. The molecule has 1 aromatic rings. The monoisotopic (exact) mass is 355 g/mol. The quantitative estimate of drug-likeness (QED) is 0.868. The molecule has 2 atom stereocenters. The number of carboxylic acid groups (broad SMARTS) is 1. The lowest BCUT2D eigenvalue weighted by molar-refractivity contribution is -0.143. The first-order chi connectivity index (χ1) is 11.8. The maximum Gasteiger partial charge on any atom is 0.416 e. The number of halogens is 3. The van der Waals surface area contributed by atoms with Crippen LogP contribution in [0.3, 0.4) is 0 Å². The number of benzene rings is 1. The number of aliphatic carboxylic acids is 1. The van der Waals surface area contributed by atoms with Gasteiger partial charge in [-0.2, -0.15) is 13.2 Å². The predicted octanol–water partition coefficient (Wildman–Crippen LogP) is 3.57. The number of hydrogen-bond acceptors (Lipinski definition) is 2. The molecule has 0 spiro atoms. The Bertz CT molecular complexity index is 666. The van der Waals surface area contributed by atoms with E-state index in [-0.39, 0.29) is 23.4 Å². The van der Waals surface area contributed by atoms with E-state index in [0.29, 0.717) is 32.1 Å². The van der Waals surface area contributed by atoms with Crippen LogP contribution >= 0.6 is 0 Å². The molecule has 7 heteroatoms. The van der Waals surface area contributed by atoms with Crippen LogP contribution in [0.1, 0.15) is 49.1 Å². The van der Waals surface area contributed by atoms with Gasteiger partial charge in [0.25, 0.3) is 0 Å². The minimum Gasteiger partial charge on any atom is -0.481 e. The van der Waals surface area contributed by atoms with E-state index in [2.05, 4.69) is 5.32 Å². The van der Waals surface area contributed by atoms with Gasteiger partial charge in [0.1, 0.15) is 0 Å². The third kappa shape index (κ3) is 3.96. The van der Waals surface area contributed by atoms with Crippen molar-refractivity contribution < 1.29 is 27.9 Å². The molecule has 3 rings (SSSR count). The fourth-order valence-corrected chi connectivity index (χ4v) is 3.70. The molecule has 0 aromatic heterocycles. The van der Waals surface area contributed by atoms with Crippen LogP contribution in [-0.4, -0.2) is 23.0 Å². The summed E-state index contributed by atoms with van der Waals surface area (Å²) >= 11 is 0.